The molecule has 0 aromatic heterocycles. The highest BCUT2D eigenvalue weighted by Gasteiger charge is 2.57. The monoisotopic (exact) mass is 190 g/mol. The molecule has 0 radical (unpaired) electrons. The Kier molecular flexibility index (Phi) is 2.56. The quantitative estimate of drug-likeness (QED) is 0.486. The van der Waals surface area contributed by atoms with Crippen molar-refractivity contribution in [3.63, 3.8) is 0 Å². The Morgan fingerprint density at radius 1 is 1.00 bits per heavy atom. The minimum atomic E-state index is -5.69. The number of halogens is 5. The van der Waals surface area contributed by atoms with Gasteiger partial charge in [-0.25, -0.2) is 0 Å². The first-order chi connectivity index (χ1) is 5.10. The molecule has 0 spiro atoms. The Morgan fingerprint density at radius 3 is 1.42 bits per heavy atom. The first kappa shape index (κ1) is 11.0. The molecule has 0 aromatic carbocycles. The van der Waals surface area contributed by atoms with Crippen molar-refractivity contribution < 1.29 is 31.5 Å². The molecular formula is C5H3F5O2. The zero-order valence-corrected chi connectivity index (χ0v) is 5.71. The summed E-state index contributed by atoms with van der Waals surface area (Å²) in [5.74, 6) is -10.4. The average molecular weight is 190 g/mol. The van der Waals surface area contributed by atoms with E-state index in [1.807, 2.05) is 0 Å². The Balaban J connectivity index is 4.83. The van der Waals surface area contributed by atoms with Gasteiger partial charge in [-0.2, -0.15) is 22.0 Å². The van der Waals surface area contributed by atoms with Crippen LogP contribution >= 0.6 is 0 Å². The van der Waals surface area contributed by atoms with Crippen LogP contribution in [-0.4, -0.2) is 23.7 Å². The first-order valence-electron chi connectivity index (χ1n) is 2.60. The van der Waals surface area contributed by atoms with Crippen molar-refractivity contribution in [3.8, 4) is 0 Å². The number of Topliss-reactive ketones (excluding diaryl/α,β-unsaturated/α-hetero) is 2. The van der Waals surface area contributed by atoms with E-state index in [0.29, 0.717) is 0 Å². The lowest BCUT2D eigenvalue weighted by Crippen LogP contribution is -2.44. The molecule has 2 nitrogen and oxygen atoms in total. The Bertz CT molecular complexity index is 216. The maximum Gasteiger partial charge on any atom is 0.456 e. The average Bonchev–Trinajstić information content (AvgIpc) is 1.83. The van der Waals surface area contributed by atoms with Gasteiger partial charge in [0.1, 0.15) is 0 Å². The van der Waals surface area contributed by atoms with Crippen LogP contribution in [0.1, 0.15) is 6.92 Å². The molecule has 0 amide bonds. The van der Waals surface area contributed by atoms with Crippen molar-refractivity contribution in [2.45, 2.75) is 19.0 Å². The maximum atomic E-state index is 12.0. The summed E-state index contributed by atoms with van der Waals surface area (Å²) in [6.45, 7) is 0.212. The SMILES string of the molecule is CC(=O)C(F)(F)C(=O)C(F)(F)F. The summed E-state index contributed by atoms with van der Waals surface area (Å²) in [5, 5.41) is 0. The third-order valence-electron chi connectivity index (χ3n) is 0.985. The van der Waals surface area contributed by atoms with E-state index < -0.39 is 23.7 Å². The maximum absolute atomic E-state index is 12.0. The lowest BCUT2D eigenvalue weighted by molar-refractivity contribution is -0.195. The van der Waals surface area contributed by atoms with Crippen LogP contribution in [0.3, 0.4) is 0 Å². The van der Waals surface area contributed by atoms with Gasteiger partial charge in [-0.05, 0) is 0 Å². The largest absolute Gasteiger partial charge is 0.456 e. The molecule has 0 atom stereocenters. The lowest BCUT2D eigenvalue weighted by atomic mass is 10.1. The molecule has 0 aliphatic rings. The summed E-state index contributed by atoms with van der Waals surface area (Å²) in [6.07, 6.45) is -5.69. The number of ketones is 2. The van der Waals surface area contributed by atoms with Crippen LogP contribution in [0.5, 0.6) is 0 Å². The van der Waals surface area contributed by atoms with Gasteiger partial charge in [-0.3, -0.25) is 9.59 Å². The minimum absolute atomic E-state index is 0.212. The molecule has 0 rings (SSSR count). The van der Waals surface area contributed by atoms with Gasteiger partial charge in [-0.1, -0.05) is 0 Å². The molecule has 0 heterocycles. The number of hydrogen-bond donors (Lipinski definition) is 0. The second-order valence-corrected chi connectivity index (χ2v) is 1.96. The molecule has 0 saturated heterocycles. The highest BCUT2D eigenvalue weighted by Crippen LogP contribution is 2.28. The minimum Gasteiger partial charge on any atom is -0.293 e. The summed E-state index contributed by atoms with van der Waals surface area (Å²) in [4.78, 5) is 19.7. The van der Waals surface area contributed by atoms with Crippen molar-refractivity contribution in [2.75, 3.05) is 0 Å². The van der Waals surface area contributed by atoms with Gasteiger partial charge in [0.25, 0.3) is 0 Å². The topological polar surface area (TPSA) is 34.1 Å². The third kappa shape index (κ3) is 1.99. The van der Waals surface area contributed by atoms with Crippen molar-refractivity contribution >= 4 is 11.6 Å². The molecule has 0 N–H and O–H groups in total. The summed E-state index contributed by atoms with van der Waals surface area (Å²) in [7, 11) is 0. The van der Waals surface area contributed by atoms with Crippen LogP contribution < -0.4 is 0 Å². The van der Waals surface area contributed by atoms with E-state index in [0.717, 1.165) is 0 Å². The second-order valence-electron chi connectivity index (χ2n) is 1.96. The van der Waals surface area contributed by atoms with Crippen LogP contribution in [0.15, 0.2) is 0 Å². The summed E-state index contributed by atoms with van der Waals surface area (Å²) < 4.78 is 58.0. The zero-order valence-electron chi connectivity index (χ0n) is 5.71. The fourth-order valence-corrected chi connectivity index (χ4v) is 0.338. The number of hydrogen-bond acceptors (Lipinski definition) is 2. The number of carbonyl (C=O) groups excluding carboxylic acids is 2. The number of carbonyl (C=O) groups is 2. The van der Waals surface area contributed by atoms with Crippen molar-refractivity contribution in [1.29, 1.82) is 0 Å². The predicted octanol–water partition coefficient (Wildman–Crippen LogP) is 1.34. The van der Waals surface area contributed by atoms with Crippen LogP contribution in [0.4, 0.5) is 22.0 Å². The molecule has 0 aliphatic heterocycles. The summed E-state index contributed by atoms with van der Waals surface area (Å²) >= 11 is 0. The molecule has 0 fully saturated rings. The zero-order chi connectivity index (χ0) is 10.2. The van der Waals surface area contributed by atoms with Gasteiger partial charge in [0, 0.05) is 6.92 Å². The van der Waals surface area contributed by atoms with Crippen molar-refractivity contribution in [2.24, 2.45) is 0 Å². The summed E-state index contributed by atoms with van der Waals surface area (Å²) in [6, 6.07) is 0. The van der Waals surface area contributed by atoms with Gasteiger partial charge in [0.2, 0.25) is 5.78 Å². The van der Waals surface area contributed by atoms with E-state index in [9.17, 15) is 31.5 Å². The smallest absolute Gasteiger partial charge is 0.293 e. The lowest BCUT2D eigenvalue weighted by Gasteiger charge is -2.12. The Morgan fingerprint density at radius 2 is 1.33 bits per heavy atom. The standard InChI is InChI=1S/C5H3F5O2/c1-2(11)4(6,7)3(12)5(8,9)10/h1H3. The molecule has 12 heavy (non-hydrogen) atoms. The van der Waals surface area contributed by atoms with E-state index in [1.54, 1.807) is 0 Å². The van der Waals surface area contributed by atoms with Gasteiger partial charge in [0.05, 0.1) is 0 Å². The number of rotatable bonds is 2. The first-order valence-corrected chi connectivity index (χ1v) is 2.60. The van der Waals surface area contributed by atoms with E-state index in [-0.39, 0.29) is 6.92 Å². The highest BCUT2D eigenvalue weighted by atomic mass is 19.4. The molecule has 0 unspecified atom stereocenters. The van der Waals surface area contributed by atoms with Crippen LogP contribution in [0, 0.1) is 0 Å². The van der Waals surface area contributed by atoms with E-state index >= 15 is 0 Å². The molecular weight excluding hydrogens is 187 g/mol. The highest BCUT2D eigenvalue weighted by molar-refractivity contribution is 6.09. The molecule has 0 aromatic rings. The van der Waals surface area contributed by atoms with Crippen LogP contribution in [-0.2, 0) is 9.59 Å². The van der Waals surface area contributed by atoms with Gasteiger partial charge in [-0.15, -0.1) is 0 Å². The Labute approximate surface area is 63.3 Å². The normalized spacial score (nSPS) is 12.8. The molecule has 7 heteroatoms. The van der Waals surface area contributed by atoms with Crippen molar-refractivity contribution in [1.82, 2.24) is 0 Å². The van der Waals surface area contributed by atoms with Gasteiger partial charge < -0.3 is 0 Å². The predicted molar refractivity (Wildman–Crippen MR) is 26.7 cm³/mol. The fourth-order valence-electron chi connectivity index (χ4n) is 0.338. The van der Waals surface area contributed by atoms with Crippen LogP contribution in [0.2, 0.25) is 0 Å². The van der Waals surface area contributed by atoms with Gasteiger partial charge in [0.15, 0.2) is 0 Å². The van der Waals surface area contributed by atoms with Crippen LogP contribution in [0.25, 0.3) is 0 Å². The molecule has 0 aliphatic carbocycles. The fraction of sp³-hybridized carbons (Fsp3) is 0.600. The third-order valence-corrected chi connectivity index (χ3v) is 0.985. The summed E-state index contributed by atoms with van der Waals surface area (Å²) in [5.41, 5.74) is 0. The molecule has 70 valence electrons. The van der Waals surface area contributed by atoms with E-state index in [2.05, 4.69) is 0 Å². The Hall–Kier alpha value is -1.01. The molecule has 0 saturated carbocycles. The van der Waals surface area contributed by atoms with Gasteiger partial charge >= 0.3 is 17.9 Å². The van der Waals surface area contributed by atoms with E-state index in [1.165, 1.54) is 0 Å². The van der Waals surface area contributed by atoms with Crippen molar-refractivity contribution in [3.05, 3.63) is 0 Å². The van der Waals surface area contributed by atoms with E-state index in [4.69, 9.17) is 0 Å². The number of alkyl halides is 5. The second kappa shape index (κ2) is 2.80. The molecule has 0 bridgehead atoms.